The van der Waals surface area contributed by atoms with E-state index >= 15 is 0 Å². The molecule has 3 fully saturated rings. The molecule has 3 aliphatic rings. The van der Waals surface area contributed by atoms with Gasteiger partial charge < -0.3 is 66.5 Å². The van der Waals surface area contributed by atoms with Crippen LogP contribution in [-0.4, -0.2) is 177 Å². The maximum atomic E-state index is 13.8. The average molecular weight is 2020 g/mol. The molecular weight excluding hydrogens is 1910 g/mol. The van der Waals surface area contributed by atoms with E-state index in [1.807, 2.05) is 47.4 Å². The van der Waals surface area contributed by atoms with E-state index < -0.39 is 65.2 Å². The van der Waals surface area contributed by atoms with Gasteiger partial charge in [0.05, 0.1) is 27.6 Å². The fourth-order valence-corrected chi connectivity index (χ4v) is 18.8. The number of hydrogen-bond acceptors (Lipinski definition) is 22. The predicted molar refractivity (Wildman–Crippen MR) is 552 cm³/mol. The number of aromatic nitrogens is 15. The molecular formula is C103H106N16O20S4. The molecule has 2 aliphatic carbocycles. The van der Waals surface area contributed by atoms with E-state index in [1.165, 1.54) is 19.9 Å². The van der Waals surface area contributed by atoms with Crippen LogP contribution in [0.5, 0.6) is 28.7 Å². The molecule has 11 heterocycles. The molecule has 143 heavy (non-hydrogen) atoms. The number of amides is 1. The van der Waals surface area contributed by atoms with Crippen molar-refractivity contribution in [1.29, 1.82) is 0 Å². The lowest BCUT2D eigenvalue weighted by Gasteiger charge is -2.28. The summed E-state index contributed by atoms with van der Waals surface area (Å²) >= 11 is 22.0. The summed E-state index contributed by atoms with van der Waals surface area (Å²) in [7, 11) is 0. The Bertz CT molecular complexity index is 7490. The fraction of sp³-hybridized carbons (Fsp3) is 0.272. The highest BCUT2D eigenvalue weighted by atomic mass is 32.1. The molecule has 12 N–H and O–H groups in total. The number of carboxylic acid groups (broad SMARTS) is 2. The first-order valence-corrected chi connectivity index (χ1v) is 47.9. The number of rotatable bonds is 32. The number of benzene rings is 5. The highest BCUT2D eigenvalue weighted by Crippen LogP contribution is 2.35. The molecule has 1 aliphatic heterocycles. The van der Waals surface area contributed by atoms with Crippen LogP contribution in [0, 0.1) is 18.6 Å². The molecule has 5 aromatic carbocycles. The SMILES string of the molecule is C=CCOc1cccc(C(C(=O)N2CCCCCC2)n2ccc3[nH][nH]c(=O)c3c2=S)c1.C=CCOc1cccc(C(C(=O)O)n2ccc3[nH][nH]c(=O)c3c2=S)c1.C=CCOc1cccc(C(C(=O)O)n2ccc3[nH][nH]c(=O)c3c2=S)c1.C=CCOc1cccc(C(C(=O)OC2CCCCC2)n2ccc3[nH][nH]c(=O)c3c2=O)c1.C=CCOc1cccc(C(C(=O)OC2CCCCC2)n2ccc3[nH][nH]c(=O)c3c2=S)c1. The number of nitrogens with zero attached hydrogens (tertiary/aromatic N) is 6. The number of nitrogens with one attached hydrogen (secondary N) is 10. The van der Waals surface area contributed by atoms with Crippen molar-refractivity contribution in [2.45, 2.75) is 132 Å². The van der Waals surface area contributed by atoms with Crippen molar-refractivity contribution in [3.63, 3.8) is 0 Å². The van der Waals surface area contributed by atoms with Gasteiger partial charge in [-0.15, -0.1) is 0 Å². The molecule has 40 heteroatoms. The highest BCUT2D eigenvalue weighted by molar-refractivity contribution is 7.72. The molecule has 0 radical (unpaired) electrons. The Kier molecular flexibility index (Phi) is 35.0. The van der Waals surface area contributed by atoms with Crippen molar-refractivity contribution < 1.29 is 67.3 Å². The third-order valence-electron chi connectivity index (χ3n) is 24.1. The minimum absolute atomic E-state index is 0.0230. The van der Waals surface area contributed by atoms with Gasteiger partial charge in [-0.05, 0) is 183 Å². The summed E-state index contributed by atoms with van der Waals surface area (Å²) in [5.41, 5.74) is 3.10. The number of carbonyl (C=O) groups excluding carboxylic acids is 3. The van der Waals surface area contributed by atoms with Gasteiger partial charge in [-0.1, -0.05) is 198 Å². The Morgan fingerprint density at radius 1 is 0.322 bits per heavy atom. The van der Waals surface area contributed by atoms with Gasteiger partial charge in [-0.3, -0.25) is 89.1 Å². The lowest BCUT2D eigenvalue weighted by molar-refractivity contribution is -0.154. The molecule has 0 spiro atoms. The van der Waals surface area contributed by atoms with Gasteiger partial charge in [0.1, 0.15) is 126 Å². The summed E-state index contributed by atoms with van der Waals surface area (Å²) in [6, 6.07) is 38.7. The van der Waals surface area contributed by atoms with E-state index in [-0.39, 0.29) is 70.4 Å². The highest BCUT2D eigenvalue weighted by Gasteiger charge is 2.35. The van der Waals surface area contributed by atoms with Gasteiger partial charge in [0.25, 0.3) is 33.4 Å². The topological polar surface area (TPSA) is 479 Å². The van der Waals surface area contributed by atoms with Gasteiger partial charge in [0.15, 0.2) is 24.2 Å². The molecule has 2 saturated carbocycles. The van der Waals surface area contributed by atoms with Crippen LogP contribution in [0.1, 0.15) is 148 Å². The number of pyridine rings is 5. The van der Waals surface area contributed by atoms with Gasteiger partial charge in [0.2, 0.25) is 5.91 Å². The fourth-order valence-electron chi connectivity index (χ4n) is 17.3. The summed E-state index contributed by atoms with van der Waals surface area (Å²) < 4.78 is 47.8. The number of H-pyrrole nitrogens is 10. The quantitative estimate of drug-likeness (QED) is 0.0106. The first-order chi connectivity index (χ1) is 69.3. The third-order valence-corrected chi connectivity index (χ3v) is 25.8. The standard InChI is InChI=1S/C23H26N4O3S.C23H25N3O5.C23H25N3O4S.2C17H15N3O4S/c1-2-14-30-17-9-7-8-16(15-17)20(22(29)26-11-5-3-4-6-12-26)27-13-10-18-19(23(27)31)21(28)25-24-18;1-2-13-30-17-10-6-7-15(14-17)20(23(29)31-16-8-4-3-5-9-16)26-12-11-18-19(22(26)28)21(27)25-24-18;1-2-13-29-17-10-6-7-15(14-17)20(23(28)30-16-8-4-3-5-9-16)26-12-11-18-19(22(26)31)21(27)25-24-18;2*1-2-8-24-11-5-3-4-10(9-11)14(17(22)23)20-7-6-12-13(16(20)25)15(21)19-18-12/h2,7-10,13,15,20H,1,3-6,11-12,14H2,(H2,24,25,28);2*2,6-7,10-12,14,16,20H,1,3-5,8-9,13H2,(H2,24,25,27);2*2-7,9,14H,1,8H2,(H,22,23)(H2,18,19,21). The van der Waals surface area contributed by atoms with Crippen molar-refractivity contribution in [3.05, 3.63) is 354 Å². The van der Waals surface area contributed by atoms with E-state index in [2.05, 4.69) is 83.9 Å². The number of hydrogen-bond donors (Lipinski definition) is 12. The number of likely N-dealkylation sites (tertiary alicyclic amines) is 1. The minimum atomic E-state index is -1.09. The number of aromatic amines is 10. The monoisotopic (exact) mass is 2010 g/mol. The Morgan fingerprint density at radius 3 is 0.860 bits per heavy atom. The number of ether oxygens (including phenoxy) is 7. The molecule has 36 nitrogen and oxygen atoms in total. The molecule has 0 bridgehead atoms. The van der Waals surface area contributed by atoms with Crippen LogP contribution in [-0.2, 0) is 33.4 Å². The van der Waals surface area contributed by atoms with Crippen LogP contribution in [0.3, 0.4) is 0 Å². The van der Waals surface area contributed by atoms with Gasteiger partial charge in [0, 0.05) is 44.1 Å². The number of carbonyl (C=O) groups is 5. The largest absolute Gasteiger partial charge is 0.490 e. The van der Waals surface area contributed by atoms with Crippen molar-refractivity contribution in [2.75, 3.05) is 46.1 Å². The number of aliphatic carboxylic acids is 2. The summed E-state index contributed by atoms with van der Waals surface area (Å²) in [5, 5.41) is 46.8. The average Bonchev–Trinajstić information content (AvgIpc) is 1.72. The molecule has 1 saturated heterocycles. The molecule has 18 rings (SSSR count). The van der Waals surface area contributed by atoms with E-state index in [0.717, 1.165) is 109 Å². The van der Waals surface area contributed by atoms with E-state index in [9.17, 15) is 63.0 Å². The first-order valence-electron chi connectivity index (χ1n) is 46.2. The lowest BCUT2D eigenvalue weighted by Crippen LogP contribution is -2.38. The second kappa shape index (κ2) is 48.7. The van der Waals surface area contributed by atoms with E-state index in [4.69, 9.17) is 82.0 Å². The van der Waals surface area contributed by atoms with Crippen LogP contribution >= 0.6 is 48.9 Å². The summed E-state index contributed by atoms with van der Waals surface area (Å²) in [6.07, 6.45) is 30.0. The second-order valence-electron chi connectivity index (χ2n) is 33.7. The lowest BCUT2D eigenvalue weighted by atomic mass is 9.97. The van der Waals surface area contributed by atoms with Crippen molar-refractivity contribution >= 4 is 133 Å². The van der Waals surface area contributed by atoms with Crippen molar-refractivity contribution in [2.24, 2.45) is 0 Å². The molecule has 5 unspecified atom stereocenters. The maximum absolute atomic E-state index is 13.8. The van der Waals surface area contributed by atoms with Gasteiger partial charge >= 0.3 is 23.9 Å². The van der Waals surface area contributed by atoms with Crippen LogP contribution in [0.25, 0.3) is 54.5 Å². The molecule has 742 valence electrons. The Balaban J connectivity index is 0.000000142. The van der Waals surface area contributed by atoms with E-state index in [1.54, 1.807) is 173 Å². The minimum Gasteiger partial charge on any atom is -0.490 e. The molecule has 15 aromatic rings. The van der Waals surface area contributed by atoms with Gasteiger partial charge in [-0.2, -0.15) is 0 Å². The number of fused-ring (bicyclic) bond motifs is 5. The summed E-state index contributed by atoms with van der Waals surface area (Å²) in [4.78, 5) is 140. The van der Waals surface area contributed by atoms with Crippen molar-refractivity contribution in [1.82, 2.24) is 78.7 Å². The zero-order chi connectivity index (χ0) is 101. The first kappa shape index (κ1) is 103. The second-order valence-corrected chi connectivity index (χ2v) is 35.2. The van der Waals surface area contributed by atoms with E-state index in [0.29, 0.717) is 127 Å². The number of carboxylic acids is 2. The Morgan fingerprint density at radius 2 is 0.566 bits per heavy atom. The molecule has 5 atom stereocenters. The normalized spacial score (nSPS) is 14.3. The van der Waals surface area contributed by atoms with Crippen molar-refractivity contribution in [3.8, 4) is 28.7 Å². The summed E-state index contributed by atoms with van der Waals surface area (Å²) in [5.74, 6) is -0.279. The zero-order valence-corrected chi connectivity index (χ0v) is 81.0. The van der Waals surface area contributed by atoms with Crippen LogP contribution in [0.2, 0.25) is 0 Å². The zero-order valence-electron chi connectivity index (χ0n) is 77.7. The van der Waals surface area contributed by atoms with Crippen LogP contribution in [0.15, 0.2) is 275 Å². The molecule has 1 amide bonds. The predicted octanol–water partition coefficient (Wildman–Crippen LogP) is 16.7. The smallest absolute Gasteiger partial charge is 0.334 e. The Labute approximate surface area is 835 Å². The third kappa shape index (κ3) is 24.5. The molecule has 10 aromatic heterocycles. The van der Waals surface area contributed by atoms with Crippen LogP contribution in [0.4, 0.5) is 0 Å². The summed E-state index contributed by atoms with van der Waals surface area (Å²) in [6.45, 7) is 21.3. The maximum Gasteiger partial charge on any atom is 0.334 e. The Hall–Kier alpha value is -16.1. The number of esters is 2. The van der Waals surface area contributed by atoms with Crippen LogP contribution < -0.4 is 57.0 Å². The van der Waals surface area contributed by atoms with Gasteiger partial charge in [-0.25, -0.2) is 19.2 Å².